The third-order valence-electron chi connectivity index (χ3n) is 4.48. The standard InChI is InChI=1S/C21H19BrO4/c1-13(5-4-12-22)26-15-10-8-14(9-11-15)18-19(23)16-6-2-3-7-17(16)20(24)21(18)25/h2-3,6-11,13,18H,4-5,12H2,1H3. The molecule has 2 aromatic carbocycles. The van der Waals surface area contributed by atoms with E-state index in [-0.39, 0.29) is 17.5 Å². The van der Waals surface area contributed by atoms with Crippen LogP contribution in [-0.2, 0) is 4.79 Å². The second kappa shape index (κ2) is 7.96. The third kappa shape index (κ3) is 3.63. The van der Waals surface area contributed by atoms with Crippen LogP contribution in [0.3, 0.4) is 0 Å². The van der Waals surface area contributed by atoms with E-state index in [1.54, 1.807) is 42.5 Å². The summed E-state index contributed by atoms with van der Waals surface area (Å²) in [6, 6.07) is 13.3. The summed E-state index contributed by atoms with van der Waals surface area (Å²) in [5.41, 5.74) is 1.02. The van der Waals surface area contributed by atoms with Gasteiger partial charge in [-0.2, -0.15) is 0 Å². The normalized spacial score (nSPS) is 17.8. The van der Waals surface area contributed by atoms with E-state index >= 15 is 0 Å². The van der Waals surface area contributed by atoms with E-state index in [0.29, 0.717) is 16.9 Å². The number of hydrogen-bond donors (Lipinski definition) is 0. The Bertz CT molecular complexity index is 841. The van der Waals surface area contributed by atoms with E-state index in [4.69, 9.17) is 4.74 Å². The Hall–Kier alpha value is -2.27. The number of carbonyl (C=O) groups excluding carboxylic acids is 3. The lowest BCUT2D eigenvalue weighted by molar-refractivity contribution is -0.115. The van der Waals surface area contributed by atoms with Crippen molar-refractivity contribution in [3.05, 3.63) is 65.2 Å². The van der Waals surface area contributed by atoms with E-state index in [1.165, 1.54) is 6.07 Å². The Morgan fingerprint density at radius 3 is 2.27 bits per heavy atom. The highest BCUT2D eigenvalue weighted by Crippen LogP contribution is 2.31. The van der Waals surface area contributed by atoms with Crippen molar-refractivity contribution >= 4 is 33.3 Å². The lowest BCUT2D eigenvalue weighted by Gasteiger charge is -2.22. The van der Waals surface area contributed by atoms with Crippen molar-refractivity contribution in [2.45, 2.75) is 31.8 Å². The van der Waals surface area contributed by atoms with Crippen molar-refractivity contribution in [3.8, 4) is 5.75 Å². The fourth-order valence-electron chi connectivity index (χ4n) is 3.13. The number of alkyl halides is 1. The number of fused-ring (bicyclic) bond motifs is 1. The molecule has 134 valence electrons. The topological polar surface area (TPSA) is 60.4 Å². The number of ether oxygens (including phenoxy) is 1. The molecule has 0 spiro atoms. The van der Waals surface area contributed by atoms with Gasteiger partial charge in [0.15, 0.2) is 5.78 Å². The third-order valence-corrected chi connectivity index (χ3v) is 5.04. The summed E-state index contributed by atoms with van der Waals surface area (Å²) in [7, 11) is 0. The lowest BCUT2D eigenvalue weighted by Crippen LogP contribution is -2.35. The van der Waals surface area contributed by atoms with Crippen LogP contribution in [0.1, 0.15) is 52.0 Å². The molecule has 26 heavy (non-hydrogen) atoms. The van der Waals surface area contributed by atoms with Crippen LogP contribution < -0.4 is 4.74 Å². The van der Waals surface area contributed by atoms with Gasteiger partial charge in [-0.3, -0.25) is 14.4 Å². The molecule has 0 radical (unpaired) electrons. The summed E-state index contributed by atoms with van der Waals surface area (Å²) in [6.07, 6.45) is 2.02. The second-order valence-electron chi connectivity index (χ2n) is 6.36. The lowest BCUT2D eigenvalue weighted by atomic mass is 9.77. The molecular formula is C21H19BrO4. The Labute approximate surface area is 160 Å². The highest BCUT2D eigenvalue weighted by Gasteiger charge is 2.40. The Morgan fingerprint density at radius 1 is 0.962 bits per heavy atom. The number of hydrogen-bond acceptors (Lipinski definition) is 4. The van der Waals surface area contributed by atoms with Gasteiger partial charge in [0.2, 0.25) is 11.6 Å². The van der Waals surface area contributed by atoms with Gasteiger partial charge >= 0.3 is 0 Å². The van der Waals surface area contributed by atoms with Crippen molar-refractivity contribution in [1.82, 2.24) is 0 Å². The minimum atomic E-state index is -1.07. The molecule has 0 bridgehead atoms. The molecule has 2 unspecified atom stereocenters. The first-order valence-corrected chi connectivity index (χ1v) is 9.69. The van der Waals surface area contributed by atoms with E-state index in [1.807, 2.05) is 6.92 Å². The number of benzene rings is 2. The Morgan fingerprint density at radius 2 is 1.62 bits per heavy atom. The summed E-state index contributed by atoms with van der Waals surface area (Å²) >= 11 is 3.40. The summed E-state index contributed by atoms with van der Waals surface area (Å²) in [4.78, 5) is 37.5. The van der Waals surface area contributed by atoms with Crippen molar-refractivity contribution in [2.75, 3.05) is 5.33 Å². The first kappa shape index (κ1) is 18.5. The molecule has 0 N–H and O–H groups in total. The zero-order valence-electron chi connectivity index (χ0n) is 14.4. The number of Topliss-reactive ketones (excluding diaryl/α,β-unsaturated/α-hetero) is 3. The van der Waals surface area contributed by atoms with Crippen LogP contribution in [0.5, 0.6) is 5.75 Å². The molecule has 4 nitrogen and oxygen atoms in total. The summed E-state index contributed by atoms with van der Waals surface area (Å²) < 4.78 is 5.83. The molecule has 0 amide bonds. The molecule has 5 heteroatoms. The summed E-state index contributed by atoms with van der Waals surface area (Å²) in [5, 5.41) is 0.932. The Kier molecular flexibility index (Phi) is 5.67. The van der Waals surface area contributed by atoms with Crippen LogP contribution in [0.4, 0.5) is 0 Å². The van der Waals surface area contributed by atoms with Crippen molar-refractivity contribution in [2.24, 2.45) is 0 Å². The van der Waals surface area contributed by atoms with E-state index < -0.39 is 17.5 Å². The average Bonchev–Trinajstić information content (AvgIpc) is 2.66. The largest absolute Gasteiger partial charge is 0.491 e. The van der Waals surface area contributed by atoms with Crippen LogP contribution in [0.15, 0.2) is 48.5 Å². The fraction of sp³-hybridized carbons (Fsp3) is 0.286. The van der Waals surface area contributed by atoms with Gasteiger partial charge in [-0.1, -0.05) is 52.3 Å². The monoisotopic (exact) mass is 414 g/mol. The molecule has 3 rings (SSSR count). The van der Waals surface area contributed by atoms with Crippen LogP contribution >= 0.6 is 15.9 Å². The highest BCUT2D eigenvalue weighted by molar-refractivity contribution is 9.09. The van der Waals surface area contributed by atoms with Gasteiger partial charge in [-0.15, -0.1) is 0 Å². The molecule has 2 aromatic rings. The molecule has 1 aliphatic carbocycles. The van der Waals surface area contributed by atoms with Gasteiger partial charge in [0.25, 0.3) is 0 Å². The molecular weight excluding hydrogens is 396 g/mol. The minimum absolute atomic E-state index is 0.0739. The fourth-order valence-corrected chi connectivity index (χ4v) is 3.46. The summed E-state index contributed by atoms with van der Waals surface area (Å²) in [6.45, 7) is 2.00. The van der Waals surface area contributed by atoms with Crippen LogP contribution in [-0.4, -0.2) is 28.8 Å². The number of rotatable bonds is 6. The van der Waals surface area contributed by atoms with Crippen molar-refractivity contribution < 1.29 is 19.1 Å². The molecule has 0 saturated heterocycles. The van der Waals surface area contributed by atoms with E-state index in [2.05, 4.69) is 15.9 Å². The van der Waals surface area contributed by atoms with Crippen LogP contribution in [0, 0.1) is 0 Å². The quantitative estimate of drug-likeness (QED) is 0.400. The minimum Gasteiger partial charge on any atom is -0.491 e. The number of carbonyl (C=O) groups is 3. The average molecular weight is 415 g/mol. The number of halogens is 1. The molecule has 0 aromatic heterocycles. The maximum atomic E-state index is 12.7. The first-order chi connectivity index (χ1) is 12.5. The van der Waals surface area contributed by atoms with Gasteiger partial charge < -0.3 is 4.74 Å². The molecule has 2 atom stereocenters. The predicted octanol–water partition coefficient (Wildman–Crippen LogP) is 4.36. The molecule has 0 fully saturated rings. The van der Waals surface area contributed by atoms with Gasteiger partial charge in [-0.05, 0) is 37.5 Å². The maximum absolute atomic E-state index is 12.7. The van der Waals surface area contributed by atoms with Crippen molar-refractivity contribution in [3.63, 3.8) is 0 Å². The first-order valence-electron chi connectivity index (χ1n) is 8.57. The van der Waals surface area contributed by atoms with Gasteiger partial charge in [-0.25, -0.2) is 0 Å². The molecule has 0 heterocycles. The van der Waals surface area contributed by atoms with Gasteiger partial charge in [0, 0.05) is 16.5 Å². The molecule has 0 aliphatic heterocycles. The molecule has 1 aliphatic rings. The SMILES string of the molecule is CC(CCCBr)Oc1ccc(C2C(=O)C(=O)c3ccccc3C2=O)cc1. The second-order valence-corrected chi connectivity index (χ2v) is 7.16. The zero-order valence-corrected chi connectivity index (χ0v) is 16.0. The zero-order chi connectivity index (χ0) is 18.7. The van der Waals surface area contributed by atoms with E-state index in [9.17, 15) is 14.4 Å². The van der Waals surface area contributed by atoms with Gasteiger partial charge in [0.05, 0.1) is 6.10 Å². The smallest absolute Gasteiger partial charge is 0.230 e. The van der Waals surface area contributed by atoms with Crippen LogP contribution in [0.25, 0.3) is 0 Å². The van der Waals surface area contributed by atoms with Gasteiger partial charge in [0.1, 0.15) is 11.7 Å². The maximum Gasteiger partial charge on any atom is 0.230 e. The van der Waals surface area contributed by atoms with Crippen LogP contribution in [0.2, 0.25) is 0 Å². The van der Waals surface area contributed by atoms with Crippen molar-refractivity contribution in [1.29, 1.82) is 0 Å². The summed E-state index contributed by atoms with van der Waals surface area (Å²) in [5.74, 6) is -2.00. The Balaban J connectivity index is 1.82. The number of ketones is 3. The molecule has 0 saturated carbocycles. The van der Waals surface area contributed by atoms with E-state index in [0.717, 1.165) is 18.2 Å². The highest BCUT2D eigenvalue weighted by atomic mass is 79.9. The predicted molar refractivity (Wildman–Crippen MR) is 102 cm³/mol.